The van der Waals surface area contributed by atoms with Crippen molar-refractivity contribution < 1.29 is 4.79 Å². The van der Waals surface area contributed by atoms with Crippen LogP contribution in [0.5, 0.6) is 0 Å². The van der Waals surface area contributed by atoms with Gasteiger partial charge in [0.1, 0.15) is 0 Å². The Morgan fingerprint density at radius 3 is 1.96 bits per heavy atom. The number of nitrogens with two attached hydrogens (primary N) is 2. The van der Waals surface area contributed by atoms with E-state index in [0.717, 1.165) is 25.7 Å². The molecule has 0 spiro atoms. The first kappa shape index (κ1) is 22.3. The van der Waals surface area contributed by atoms with Gasteiger partial charge in [0.05, 0.1) is 0 Å². The summed E-state index contributed by atoms with van der Waals surface area (Å²) in [6.45, 7) is 1.20. The van der Waals surface area contributed by atoms with Gasteiger partial charge in [-0.1, -0.05) is 12.8 Å². The third kappa shape index (κ3) is 10.3. The maximum absolute atomic E-state index is 11.5. The van der Waals surface area contributed by atoms with Crippen molar-refractivity contribution in [2.24, 2.45) is 11.6 Å². The third-order valence-corrected chi connectivity index (χ3v) is 2.94. The smallest absolute Gasteiger partial charge is 0.333 e. The highest BCUT2D eigenvalue weighted by Gasteiger charge is 2.03. The van der Waals surface area contributed by atoms with E-state index in [9.17, 15) is 4.79 Å². The molecule has 14 N–H and O–H groups in total. The van der Waals surface area contributed by atoms with Gasteiger partial charge in [-0.15, -0.1) is 20.4 Å². The number of hydrazine groups is 4. The minimum absolute atomic E-state index is 0.0138. The molecule has 1 rings (SSSR count). The van der Waals surface area contributed by atoms with E-state index in [2.05, 4.69) is 58.3 Å². The molecule has 17 nitrogen and oxygen atoms in total. The standard InChI is InChI=1S/C11H26N16O/c12-5-3-1-2-4-6-16-11(28)27-20-8(14)19-22-10-25-23-9(24-26-10)21-18-7(13)17-15/h1-6,12,15H2,(H3,13,17,18)(H3,14,19,20)(H2,16,27,28)(H,21,23,24)(H,22,25,26). The molecule has 2 amide bonds. The van der Waals surface area contributed by atoms with Gasteiger partial charge in [0.15, 0.2) is 0 Å². The lowest BCUT2D eigenvalue weighted by atomic mass is 10.2. The zero-order valence-electron chi connectivity index (χ0n) is 15.1. The number of urea groups is 1. The molecule has 0 atom stereocenters. The van der Waals surface area contributed by atoms with Crippen LogP contribution in [-0.4, -0.2) is 51.4 Å². The van der Waals surface area contributed by atoms with Gasteiger partial charge in [0, 0.05) is 6.54 Å². The van der Waals surface area contributed by atoms with E-state index in [0.29, 0.717) is 13.1 Å². The van der Waals surface area contributed by atoms with Crippen LogP contribution >= 0.6 is 0 Å². The van der Waals surface area contributed by atoms with Crippen molar-refractivity contribution in [2.45, 2.75) is 25.7 Å². The molecule has 156 valence electrons. The lowest BCUT2D eigenvalue weighted by Crippen LogP contribution is -2.52. The molecular weight excluding hydrogens is 372 g/mol. The second kappa shape index (κ2) is 13.5. The van der Waals surface area contributed by atoms with Crippen molar-refractivity contribution in [1.29, 1.82) is 10.8 Å². The fourth-order valence-corrected chi connectivity index (χ4v) is 1.62. The van der Waals surface area contributed by atoms with E-state index >= 15 is 0 Å². The number of guanidine groups is 2. The molecule has 0 aromatic carbocycles. The summed E-state index contributed by atoms with van der Waals surface area (Å²) in [7, 11) is 0. The molecule has 0 saturated carbocycles. The first-order valence-corrected chi connectivity index (χ1v) is 8.30. The number of carbonyl (C=O) groups excluding carboxylic acids is 1. The predicted molar refractivity (Wildman–Crippen MR) is 101 cm³/mol. The van der Waals surface area contributed by atoms with Crippen LogP contribution in [0.15, 0.2) is 0 Å². The summed E-state index contributed by atoms with van der Waals surface area (Å²) in [6.07, 6.45) is 3.86. The molecule has 1 aromatic heterocycles. The third-order valence-electron chi connectivity index (χ3n) is 2.94. The Morgan fingerprint density at radius 1 is 0.821 bits per heavy atom. The Hall–Kier alpha value is -3.73. The fraction of sp³-hybridized carbons (Fsp3) is 0.545. The van der Waals surface area contributed by atoms with Crippen molar-refractivity contribution >= 4 is 29.8 Å². The van der Waals surface area contributed by atoms with E-state index in [-0.39, 0.29) is 23.8 Å². The quantitative estimate of drug-likeness (QED) is 0.0608. The highest BCUT2D eigenvalue weighted by atomic mass is 16.2. The second-order valence-electron chi connectivity index (χ2n) is 5.15. The molecule has 0 aliphatic rings. The van der Waals surface area contributed by atoms with Gasteiger partial charge in [-0.3, -0.25) is 43.4 Å². The van der Waals surface area contributed by atoms with Gasteiger partial charge in [0.2, 0.25) is 11.9 Å². The molecule has 0 unspecified atom stereocenters. The Kier molecular flexibility index (Phi) is 10.7. The lowest BCUT2D eigenvalue weighted by molar-refractivity contribution is 0.238. The van der Waals surface area contributed by atoms with Gasteiger partial charge in [0.25, 0.3) is 11.9 Å². The van der Waals surface area contributed by atoms with Crippen molar-refractivity contribution in [1.82, 2.24) is 52.8 Å². The van der Waals surface area contributed by atoms with E-state index in [1.165, 1.54) is 0 Å². The lowest BCUT2D eigenvalue weighted by Gasteiger charge is -2.12. The number of anilines is 2. The predicted octanol–water partition coefficient (Wildman–Crippen LogP) is -3.24. The number of nitrogens with one attached hydrogen (secondary N) is 10. The van der Waals surface area contributed by atoms with Gasteiger partial charge < -0.3 is 11.1 Å². The van der Waals surface area contributed by atoms with Crippen molar-refractivity contribution in [3.63, 3.8) is 0 Å². The topological polar surface area (TPSA) is 265 Å². The van der Waals surface area contributed by atoms with E-state index < -0.39 is 6.03 Å². The minimum Gasteiger partial charge on any atom is -0.337 e. The number of hydrogen-bond donors (Lipinski definition) is 12. The van der Waals surface area contributed by atoms with Crippen LogP contribution in [0.4, 0.5) is 16.7 Å². The monoisotopic (exact) mass is 398 g/mol. The van der Waals surface area contributed by atoms with Crippen LogP contribution < -0.4 is 54.9 Å². The van der Waals surface area contributed by atoms with Gasteiger partial charge >= 0.3 is 6.03 Å². The van der Waals surface area contributed by atoms with E-state index in [4.69, 9.17) is 22.4 Å². The molecular formula is C11H26N16O. The van der Waals surface area contributed by atoms with Crippen LogP contribution in [0.2, 0.25) is 0 Å². The van der Waals surface area contributed by atoms with Crippen LogP contribution in [0.1, 0.15) is 25.7 Å². The number of nitrogens with zero attached hydrogens (tertiary/aromatic N) is 4. The van der Waals surface area contributed by atoms with Gasteiger partial charge in [-0.25, -0.2) is 16.1 Å². The molecule has 17 heteroatoms. The maximum atomic E-state index is 11.5. The molecule has 0 saturated heterocycles. The summed E-state index contributed by atoms with van der Waals surface area (Å²) in [5, 5.41) is 32.1. The average molecular weight is 398 g/mol. The summed E-state index contributed by atoms with van der Waals surface area (Å²) in [5.41, 5.74) is 21.7. The Balaban J connectivity index is 2.15. The minimum atomic E-state index is -0.467. The fourth-order valence-electron chi connectivity index (χ4n) is 1.62. The molecule has 0 radical (unpaired) electrons. The largest absolute Gasteiger partial charge is 0.337 e. The number of unbranched alkanes of at least 4 members (excludes halogenated alkanes) is 3. The molecule has 0 bridgehead atoms. The van der Waals surface area contributed by atoms with Gasteiger partial charge in [-0.05, 0) is 19.4 Å². The molecule has 1 heterocycles. The number of aromatic nitrogens is 4. The van der Waals surface area contributed by atoms with Crippen LogP contribution in [0.25, 0.3) is 0 Å². The van der Waals surface area contributed by atoms with E-state index in [1.807, 2.05) is 5.43 Å². The summed E-state index contributed by atoms with van der Waals surface area (Å²) >= 11 is 0. The van der Waals surface area contributed by atoms with Crippen molar-refractivity contribution in [2.75, 3.05) is 23.9 Å². The number of rotatable bonds is 10. The first-order valence-electron chi connectivity index (χ1n) is 8.30. The summed E-state index contributed by atoms with van der Waals surface area (Å²) in [4.78, 5) is 11.5. The van der Waals surface area contributed by atoms with Crippen LogP contribution in [0.3, 0.4) is 0 Å². The van der Waals surface area contributed by atoms with Crippen LogP contribution in [0, 0.1) is 10.8 Å². The first-order chi connectivity index (χ1) is 13.5. The number of amides is 2. The Morgan fingerprint density at radius 2 is 1.39 bits per heavy atom. The number of carbonyl (C=O) groups is 1. The molecule has 1 aromatic rings. The Labute approximate surface area is 160 Å². The normalized spacial score (nSPS) is 9.64. The molecule has 28 heavy (non-hydrogen) atoms. The zero-order chi connectivity index (χ0) is 20.6. The Bertz CT molecular complexity index is 605. The molecule has 0 fully saturated rings. The average Bonchev–Trinajstić information content (AvgIpc) is 2.72. The summed E-state index contributed by atoms with van der Waals surface area (Å²) in [6, 6.07) is -0.467. The maximum Gasteiger partial charge on any atom is 0.333 e. The zero-order valence-corrected chi connectivity index (χ0v) is 15.1. The summed E-state index contributed by atoms with van der Waals surface area (Å²) in [5.74, 6) is 4.46. The van der Waals surface area contributed by atoms with Crippen LogP contribution in [-0.2, 0) is 0 Å². The summed E-state index contributed by atoms with van der Waals surface area (Å²) < 4.78 is 0. The highest BCUT2D eigenvalue weighted by Crippen LogP contribution is 1.96. The van der Waals surface area contributed by atoms with Gasteiger partial charge in [-0.2, -0.15) is 0 Å². The molecule has 0 aliphatic heterocycles. The van der Waals surface area contributed by atoms with Crippen molar-refractivity contribution in [3.8, 4) is 0 Å². The van der Waals surface area contributed by atoms with E-state index in [1.54, 1.807) is 0 Å². The number of hydrogen-bond acceptors (Lipinski definition) is 11. The SMILES string of the molecule is N=C(NN)NNc1nnc(NNC(=N)NNC(=O)NCCCCCCN)nn1. The highest BCUT2D eigenvalue weighted by molar-refractivity contribution is 5.81. The van der Waals surface area contributed by atoms with Crippen molar-refractivity contribution in [3.05, 3.63) is 0 Å². The molecule has 0 aliphatic carbocycles. The second-order valence-corrected chi connectivity index (χ2v) is 5.15.